The normalized spacial score (nSPS) is 22.0. The molecule has 1 unspecified atom stereocenters. The van der Waals surface area contributed by atoms with Gasteiger partial charge in [-0.15, -0.1) is 11.8 Å². The Balaban J connectivity index is 1.62. The summed E-state index contributed by atoms with van der Waals surface area (Å²) >= 11 is 1.82. The highest BCUT2D eigenvalue weighted by molar-refractivity contribution is 8.00. The summed E-state index contributed by atoms with van der Waals surface area (Å²) in [5.74, 6) is 2.42. The van der Waals surface area contributed by atoms with E-state index < -0.39 is 0 Å². The first-order valence-corrected chi connectivity index (χ1v) is 9.39. The van der Waals surface area contributed by atoms with Crippen molar-refractivity contribution in [1.82, 2.24) is 10.2 Å². The Bertz CT molecular complexity index is 299. The maximum atomic E-state index is 12.4. The minimum atomic E-state index is 0.137. The van der Waals surface area contributed by atoms with Crippen molar-refractivity contribution in [1.29, 1.82) is 0 Å². The number of nitrogens with zero attached hydrogens (tertiary/aromatic N) is 1. The molecule has 2 fully saturated rings. The van der Waals surface area contributed by atoms with Gasteiger partial charge in [-0.25, -0.2) is 0 Å². The lowest BCUT2D eigenvalue weighted by molar-refractivity contribution is -0.131. The highest BCUT2D eigenvalue weighted by Crippen LogP contribution is 2.28. The fraction of sp³-hybridized carbons (Fsp3) is 0.938. The van der Waals surface area contributed by atoms with Gasteiger partial charge in [-0.2, -0.15) is 0 Å². The Morgan fingerprint density at radius 3 is 2.60 bits per heavy atom. The van der Waals surface area contributed by atoms with Crippen LogP contribution < -0.4 is 5.32 Å². The van der Waals surface area contributed by atoms with Gasteiger partial charge < -0.3 is 10.2 Å². The minimum absolute atomic E-state index is 0.137. The fourth-order valence-electron chi connectivity index (χ4n) is 2.69. The van der Waals surface area contributed by atoms with Crippen molar-refractivity contribution in [2.45, 2.75) is 63.7 Å². The van der Waals surface area contributed by atoms with Crippen LogP contribution in [-0.2, 0) is 4.79 Å². The lowest BCUT2D eigenvalue weighted by atomic mass is 10.0. The van der Waals surface area contributed by atoms with Crippen LogP contribution in [0.4, 0.5) is 0 Å². The third-order valence-electron chi connectivity index (χ3n) is 4.41. The predicted molar refractivity (Wildman–Crippen MR) is 87.2 cm³/mol. The molecule has 1 aliphatic carbocycles. The molecule has 1 amide bonds. The summed E-state index contributed by atoms with van der Waals surface area (Å²) in [6.07, 6.45) is 7.52. The van der Waals surface area contributed by atoms with Gasteiger partial charge in [0.2, 0.25) is 5.91 Å². The topological polar surface area (TPSA) is 32.3 Å². The van der Waals surface area contributed by atoms with Crippen LogP contribution in [-0.4, -0.2) is 47.5 Å². The molecule has 3 nitrogen and oxygen atoms in total. The SMILES string of the molecule is CCCCSC(C)C(=O)N1CCC(NCC2CC2)CC1. The van der Waals surface area contributed by atoms with E-state index in [1.165, 1.54) is 32.2 Å². The number of thioether (sulfide) groups is 1. The van der Waals surface area contributed by atoms with Gasteiger partial charge in [0.05, 0.1) is 5.25 Å². The second-order valence-corrected chi connectivity index (χ2v) is 7.77. The maximum absolute atomic E-state index is 12.4. The van der Waals surface area contributed by atoms with Crippen molar-refractivity contribution < 1.29 is 4.79 Å². The van der Waals surface area contributed by atoms with Crippen molar-refractivity contribution in [3.8, 4) is 0 Å². The number of carbonyl (C=O) groups excluding carboxylic acids is 1. The second-order valence-electron chi connectivity index (χ2n) is 6.32. The van der Waals surface area contributed by atoms with Gasteiger partial charge in [-0.3, -0.25) is 4.79 Å². The summed E-state index contributed by atoms with van der Waals surface area (Å²) in [7, 11) is 0. The summed E-state index contributed by atoms with van der Waals surface area (Å²) in [6, 6.07) is 0.641. The first-order valence-electron chi connectivity index (χ1n) is 8.34. The molecule has 1 saturated heterocycles. The largest absolute Gasteiger partial charge is 0.342 e. The average Bonchev–Trinajstić information content (AvgIpc) is 3.29. The van der Waals surface area contributed by atoms with E-state index in [4.69, 9.17) is 0 Å². The Morgan fingerprint density at radius 2 is 2.00 bits per heavy atom. The molecule has 0 aromatic rings. The zero-order valence-corrected chi connectivity index (χ0v) is 13.9. The van der Waals surface area contributed by atoms with Gasteiger partial charge in [-0.1, -0.05) is 13.3 Å². The highest BCUT2D eigenvalue weighted by Gasteiger charge is 2.27. The number of rotatable bonds is 8. The molecule has 1 heterocycles. The molecular weight excluding hydrogens is 268 g/mol. The number of nitrogens with one attached hydrogen (secondary N) is 1. The van der Waals surface area contributed by atoms with Crippen LogP contribution in [0, 0.1) is 5.92 Å². The van der Waals surface area contributed by atoms with Crippen molar-refractivity contribution in [2.24, 2.45) is 5.92 Å². The third kappa shape index (κ3) is 5.28. The average molecular weight is 298 g/mol. The van der Waals surface area contributed by atoms with Crippen LogP contribution in [0.15, 0.2) is 0 Å². The van der Waals surface area contributed by atoms with Crippen molar-refractivity contribution in [3.05, 3.63) is 0 Å². The van der Waals surface area contributed by atoms with E-state index in [1.54, 1.807) is 0 Å². The maximum Gasteiger partial charge on any atom is 0.235 e. The first-order chi connectivity index (χ1) is 9.70. The molecule has 1 saturated carbocycles. The van der Waals surface area contributed by atoms with Crippen molar-refractivity contribution >= 4 is 17.7 Å². The zero-order chi connectivity index (χ0) is 14.4. The van der Waals surface area contributed by atoms with Crippen LogP contribution in [0.25, 0.3) is 0 Å². The van der Waals surface area contributed by atoms with Gasteiger partial charge in [0, 0.05) is 19.1 Å². The smallest absolute Gasteiger partial charge is 0.235 e. The molecule has 116 valence electrons. The summed E-state index contributed by atoms with van der Waals surface area (Å²) in [5.41, 5.74) is 0. The molecular formula is C16H30N2OS. The van der Waals surface area contributed by atoms with Crippen LogP contribution in [0.3, 0.4) is 0 Å². The van der Waals surface area contributed by atoms with Crippen molar-refractivity contribution in [3.63, 3.8) is 0 Å². The van der Waals surface area contributed by atoms with Crippen LogP contribution in [0.5, 0.6) is 0 Å². The minimum Gasteiger partial charge on any atom is -0.342 e. The van der Waals surface area contributed by atoms with Gasteiger partial charge in [0.15, 0.2) is 0 Å². The van der Waals surface area contributed by atoms with Crippen LogP contribution in [0.1, 0.15) is 52.4 Å². The summed E-state index contributed by atoms with van der Waals surface area (Å²) in [4.78, 5) is 14.4. The molecule has 2 rings (SSSR count). The van der Waals surface area contributed by atoms with Gasteiger partial charge in [0.1, 0.15) is 0 Å². The van der Waals surface area contributed by atoms with E-state index in [1.807, 2.05) is 11.8 Å². The molecule has 0 radical (unpaired) electrons. The van der Waals surface area contributed by atoms with Gasteiger partial charge in [-0.05, 0) is 57.2 Å². The third-order valence-corrected chi connectivity index (χ3v) is 5.64. The lowest BCUT2D eigenvalue weighted by Gasteiger charge is -2.34. The molecule has 4 heteroatoms. The standard InChI is InChI=1S/C16H30N2OS/c1-3-4-11-20-13(2)16(19)18-9-7-15(8-10-18)17-12-14-5-6-14/h13-15,17H,3-12H2,1-2H3. The van der Waals surface area contributed by atoms with E-state index in [-0.39, 0.29) is 5.25 Å². The highest BCUT2D eigenvalue weighted by atomic mass is 32.2. The van der Waals surface area contributed by atoms with Gasteiger partial charge >= 0.3 is 0 Å². The van der Waals surface area contributed by atoms with Crippen LogP contribution >= 0.6 is 11.8 Å². The number of hydrogen-bond donors (Lipinski definition) is 1. The molecule has 1 aliphatic heterocycles. The van der Waals surface area contributed by atoms with E-state index >= 15 is 0 Å². The molecule has 20 heavy (non-hydrogen) atoms. The second kappa shape index (κ2) is 8.28. The molecule has 0 spiro atoms. The molecule has 1 N–H and O–H groups in total. The Kier molecular flexibility index (Phi) is 6.69. The monoisotopic (exact) mass is 298 g/mol. The van der Waals surface area contributed by atoms with Crippen molar-refractivity contribution in [2.75, 3.05) is 25.4 Å². The fourth-order valence-corrected chi connectivity index (χ4v) is 3.79. The van der Waals surface area contributed by atoms with Crippen LogP contribution in [0.2, 0.25) is 0 Å². The Hall–Kier alpha value is -0.220. The number of hydrogen-bond acceptors (Lipinski definition) is 3. The number of carbonyl (C=O) groups is 1. The Morgan fingerprint density at radius 1 is 1.30 bits per heavy atom. The Labute approximate surface area is 128 Å². The van der Waals surface area contributed by atoms with E-state index in [9.17, 15) is 4.79 Å². The first kappa shape index (κ1) is 16.2. The predicted octanol–water partition coefficient (Wildman–Crippen LogP) is 2.90. The number of piperidine rings is 1. The van der Waals surface area contributed by atoms with E-state index in [2.05, 4.69) is 24.1 Å². The molecule has 0 aromatic heterocycles. The molecule has 1 atom stereocenters. The lowest BCUT2D eigenvalue weighted by Crippen LogP contribution is -2.47. The summed E-state index contributed by atoms with van der Waals surface area (Å²) < 4.78 is 0. The zero-order valence-electron chi connectivity index (χ0n) is 13.1. The molecule has 0 aromatic carbocycles. The number of amides is 1. The molecule has 2 aliphatic rings. The number of unbranched alkanes of at least 4 members (excludes halogenated alkanes) is 1. The summed E-state index contributed by atoms with van der Waals surface area (Å²) in [5, 5.41) is 3.81. The van der Waals surface area contributed by atoms with Gasteiger partial charge in [0.25, 0.3) is 0 Å². The summed E-state index contributed by atoms with van der Waals surface area (Å²) in [6.45, 7) is 7.36. The van der Waals surface area contributed by atoms with E-state index in [0.717, 1.165) is 37.6 Å². The molecule has 0 bridgehead atoms. The van der Waals surface area contributed by atoms with E-state index in [0.29, 0.717) is 11.9 Å². The quantitative estimate of drug-likeness (QED) is 0.699. The number of likely N-dealkylation sites (tertiary alicyclic amines) is 1.